The van der Waals surface area contributed by atoms with Gasteiger partial charge >= 0.3 is 0 Å². The molecule has 0 saturated carbocycles. The minimum atomic E-state index is -0.497. The van der Waals surface area contributed by atoms with Crippen LogP contribution in [0.1, 0.15) is 11.3 Å². The van der Waals surface area contributed by atoms with E-state index in [9.17, 15) is 15.4 Å². The van der Waals surface area contributed by atoms with Crippen LogP contribution in [0.5, 0.6) is 5.75 Å². The Morgan fingerprint density at radius 2 is 2.07 bits per heavy atom. The molecule has 0 unspecified atom stereocenters. The van der Waals surface area contributed by atoms with Gasteiger partial charge in [0.15, 0.2) is 0 Å². The van der Waals surface area contributed by atoms with Crippen LogP contribution in [0.3, 0.4) is 0 Å². The smallest absolute Gasteiger partial charge is 0.284 e. The Hall–Kier alpha value is -3.56. The molecule has 27 heavy (non-hydrogen) atoms. The molecule has 0 fully saturated rings. The van der Waals surface area contributed by atoms with Crippen molar-refractivity contribution in [1.82, 2.24) is 0 Å². The van der Waals surface area contributed by atoms with Crippen molar-refractivity contribution in [1.29, 1.82) is 5.26 Å². The Bertz CT molecular complexity index is 1080. The number of methoxy groups -OCH3 is 1. The van der Waals surface area contributed by atoms with Gasteiger partial charge in [-0.05, 0) is 48.0 Å². The van der Waals surface area contributed by atoms with Crippen molar-refractivity contribution in [3.63, 3.8) is 0 Å². The second kappa shape index (κ2) is 7.77. The first-order chi connectivity index (χ1) is 13.0. The highest BCUT2D eigenvalue weighted by molar-refractivity contribution is 6.30. The molecular weight excluding hydrogens is 368 g/mol. The Labute approximate surface area is 160 Å². The normalized spacial score (nSPS) is 11.1. The number of nitro benzene ring substituents is 1. The third kappa shape index (κ3) is 4.00. The maximum absolute atomic E-state index is 11.4. The summed E-state index contributed by atoms with van der Waals surface area (Å²) in [6.07, 6.45) is 1.56. The zero-order chi connectivity index (χ0) is 19.4. The van der Waals surface area contributed by atoms with E-state index in [2.05, 4.69) is 6.07 Å². The summed E-state index contributed by atoms with van der Waals surface area (Å²) in [6, 6.07) is 16.8. The summed E-state index contributed by atoms with van der Waals surface area (Å²) in [7, 11) is 1.44. The largest absolute Gasteiger partial charge is 0.497 e. The minimum absolute atomic E-state index is 0.130. The van der Waals surface area contributed by atoms with E-state index < -0.39 is 4.92 Å². The van der Waals surface area contributed by atoms with Crippen LogP contribution in [0.4, 0.5) is 5.69 Å². The monoisotopic (exact) mass is 380 g/mol. The summed E-state index contributed by atoms with van der Waals surface area (Å²) in [5, 5.41) is 21.3. The van der Waals surface area contributed by atoms with Crippen molar-refractivity contribution < 1.29 is 14.1 Å². The van der Waals surface area contributed by atoms with Gasteiger partial charge in [-0.25, -0.2) is 0 Å². The number of nitro groups is 1. The fraction of sp³-hybridized carbons (Fsp3) is 0.0500. The summed E-state index contributed by atoms with van der Waals surface area (Å²) in [4.78, 5) is 10.9. The minimum Gasteiger partial charge on any atom is -0.497 e. The van der Waals surface area contributed by atoms with Gasteiger partial charge in [0.05, 0.1) is 35.3 Å². The molecule has 3 aromatic rings. The molecule has 0 N–H and O–H groups in total. The van der Waals surface area contributed by atoms with Crippen LogP contribution in [0.25, 0.3) is 23.0 Å². The van der Waals surface area contributed by atoms with E-state index in [0.29, 0.717) is 39.0 Å². The third-order valence-corrected chi connectivity index (χ3v) is 4.07. The van der Waals surface area contributed by atoms with Gasteiger partial charge in [-0.3, -0.25) is 10.1 Å². The zero-order valence-electron chi connectivity index (χ0n) is 14.2. The highest BCUT2D eigenvalue weighted by atomic mass is 35.5. The molecule has 0 aliphatic rings. The van der Waals surface area contributed by atoms with Crippen molar-refractivity contribution in [3.8, 4) is 23.1 Å². The molecule has 0 aliphatic carbocycles. The first-order valence-corrected chi connectivity index (χ1v) is 8.20. The first kappa shape index (κ1) is 18.2. The average Bonchev–Trinajstić information content (AvgIpc) is 3.14. The molecule has 0 bridgehead atoms. The number of hydrogen-bond acceptors (Lipinski definition) is 5. The maximum atomic E-state index is 11.4. The lowest BCUT2D eigenvalue weighted by Crippen LogP contribution is -1.93. The van der Waals surface area contributed by atoms with Gasteiger partial charge in [-0.1, -0.05) is 23.7 Å². The molecule has 0 spiro atoms. The second-order valence-corrected chi connectivity index (χ2v) is 5.96. The number of ether oxygens (including phenoxy) is 1. The van der Waals surface area contributed by atoms with Crippen LogP contribution in [0, 0.1) is 21.4 Å². The molecule has 1 aromatic heterocycles. The molecule has 0 saturated heterocycles. The number of rotatable bonds is 5. The number of allylic oxidation sites excluding steroid dienone is 1. The number of nitrogens with zero attached hydrogens (tertiary/aromatic N) is 2. The topological polar surface area (TPSA) is 89.3 Å². The average molecular weight is 381 g/mol. The van der Waals surface area contributed by atoms with Gasteiger partial charge in [0, 0.05) is 5.02 Å². The quantitative estimate of drug-likeness (QED) is 0.327. The molecule has 0 atom stereocenters. The molecule has 7 heteroatoms. The Morgan fingerprint density at radius 1 is 1.26 bits per heavy atom. The lowest BCUT2D eigenvalue weighted by molar-refractivity contribution is -0.384. The highest BCUT2D eigenvalue weighted by Crippen LogP contribution is 2.34. The Balaban J connectivity index is 2.00. The van der Waals surface area contributed by atoms with Crippen molar-refractivity contribution >= 4 is 28.9 Å². The fourth-order valence-electron chi connectivity index (χ4n) is 2.55. The Kier molecular flexibility index (Phi) is 5.25. The van der Waals surface area contributed by atoms with Crippen LogP contribution < -0.4 is 4.74 Å². The number of furan rings is 1. The van der Waals surface area contributed by atoms with Crippen LogP contribution in [-0.2, 0) is 0 Å². The van der Waals surface area contributed by atoms with E-state index in [1.807, 2.05) is 0 Å². The number of halogens is 1. The standard InChI is InChI=1S/C20H13ClN2O4/c1-26-16-5-7-18(19(11-16)23(24)25)20-8-6-17(27-20)10-14(12-22)13-3-2-4-15(21)9-13/h2-11H,1H3/b14-10-. The molecule has 1 heterocycles. The number of hydrogen-bond donors (Lipinski definition) is 0. The lowest BCUT2D eigenvalue weighted by atomic mass is 10.1. The number of benzene rings is 2. The van der Waals surface area contributed by atoms with E-state index >= 15 is 0 Å². The van der Waals surface area contributed by atoms with Gasteiger partial charge in [-0.2, -0.15) is 5.26 Å². The van der Waals surface area contributed by atoms with Crippen LogP contribution >= 0.6 is 11.6 Å². The predicted molar refractivity (Wildman–Crippen MR) is 102 cm³/mol. The summed E-state index contributed by atoms with van der Waals surface area (Å²) >= 11 is 5.97. The van der Waals surface area contributed by atoms with Gasteiger partial charge in [0.2, 0.25) is 0 Å². The molecule has 0 aliphatic heterocycles. The lowest BCUT2D eigenvalue weighted by Gasteiger charge is -2.03. The molecule has 0 amide bonds. The van der Waals surface area contributed by atoms with E-state index in [-0.39, 0.29) is 5.69 Å². The van der Waals surface area contributed by atoms with Gasteiger partial charge in [0.25, 0.3) is 5.69 Å². The van der Waals surface area contributed by atoms with Gasteiger partial charge in [-0.15, -0.1) is 0 Å². The second-order valence-electron chi connectivity index (χ2n) is 5.52. The SMILES string of the molecule is COc1ccc(-c2ccc(/C=C(/C#N)c3cccc(Cl)c3)o2)c([N+](=O)[O-])c1. The molecule has 134 valence electrons. The van der Waals surface area contributed by atoms with Gasteiger partial charge < -0.3 is 9.15 Å². The van der Waals surface area contributed by atoms with Gasteiger partial charge in [0.1, 0.15) is 17.3 Å². The molecular formula is C20H13ClN2O4. The summed E-state index contributed by atoms with van der Waals surface area (Å²) < 4.78 is 10.7. The van der Waals surface area contributed by atoms with Crippen LogP contribution in [0.2, 0.25) is 5.02 Å². The predicted octanol–water partition coefficient (Wildman–Crippen LogP) is 5.58. The Morgan fingerprint density at radius 3 is 2.74 bits per heavy atom. The van der Waals surface area contributed by atoms with Crippen molar-refractivity contribution in [2.45, 2.75) is 0 Å². The highest BCUT2D eigenvalue weighted by Gasteiger charge is 2.19. The first-order valence-electron chi connectivity index (χ1n) is 7.82. The van der Waals surface area contributed by atoms with Crippen molar-refractivity contribution in [2.24, 2.45) is 0 Å². The third-order valence-electron chi connectivity index (χ3n) is 3.84. The van der Waals surface area contributed by atoms with Crippen molar-refractivity contribution in [3.05, 3.63) is 81.1 Å². The van der Waals surface area contributed by atoms with E-state index in [1.54, 1.807) is 54.6 Å². The zero-order valence-corrected chi connectivity index (χ0v) is 14.9. The molecule has 0 radical (unpaired) electrons. The van der Waals surface area contributed by atoms with E-state index in [4.69, 9.17) is 20.8 Å². The molecule has 6 nitrogen and oxygen atoms in total. The van der Waals surface area contributed by atoms with E-state index in [1.165, 1.54) is 13.2 Å². The van der Waals surface area contributed by atoms with Crippen LogP contribution in [-0.4, -0.2) is 12.0 Å². The van der Waals surface area contributed by atoms with Crippen molar-refractivity contribution in [2.75, 3.05) is 7.11 Å². The summed E-state index contributed by atoms with van der Waals surface area (Å²) in [6.45, 7) is 0. The maximum Gasteiger partial charge on any atom is 0.284 e. The fourth-order valence-corrected chi connectivity index (χ4v) is 2.74. The molecule has 3 rings (SSSR count). The molecule has 2 aromatic carbocycles. The summed E-state index contributed by atoms with van der Waals surface area (Å²) in [5.41, 5.74) is 1.21. The van der Waals surface area contributed by atoms with E-state index in [0.717, 1.165) is 0 Å². The summed E-state index contributed by atoms with van der Waals surface area (Å²) in [5.74, 6) is 1.09. The van der Waals surface area contributed by atoms with Crippen LogP contribution in [0.15, 0.2) is 59.0 Å². The number of nitriles is 1.